The second-order valence-electron chi connectivity index (χ2n) is 4.39. The van der Waals surface area contributed by atoms with Gasteiger partial charge in [-0.15, -0.1) is 0 Å². The predicted molar refractivity (Wildman–Crippen MR) is 83.3 cm³/mol. The second-order valence-corrected chi connectivity index (χ2v) is 6.19. The minimum Gasteiger partial charge on any atom is -0.334 e. The van der Waals surface area contributed by atoms with Crippen molar-refractivity contribution in [3.8, 4) is 0 Å². The molecule has 2 nitrogen and oxygen atoms in total. The van der Waals surface area contributed by atoms with Crippen LogP contribution in [0.15, 0.2) is 23.2 Å². The summed E-state index contributed by atoms with van der Waals surface area (Å²) >= 11 is 13.8. The van der Waals surface area contributed by atoms with Gasteiger partial charge in [-0.2, -0.15) is 0 Å². The maximum Gasteiger partial charge on any atom is 0.161 e. The molecule has 0 amide bonds. The van der Waals surface area contributed by atoms with Crippen LogP contribution in [-0.4, -0.2) is 16.5 Å². The Kier molecular flexibility index (Phi) is 4.46. The zero-order chi connectivity index (χ0) is 13.2. The van der Waals surface area contributed by atoms with Gasteiger partial charge in [0.05, 0.1) is 16.2 Å². The number of anilines is 1. The summed E-state index contributed by atoms with van der Waals surface area (Å²) in [5.41, 5.74) is 0.899. The molecule has 0 aliphatic carbocycles. The molecule has 0 fully saturated rings. The van der Waals surface area contributed by atoms with Gasteiger partial charge in [0.2, 0.25) is 0 Å². The van der Waals surface area contributed by atoms with Gasteiger partial charge in [-0.25, -0.2) is 0 Å². The molecular formula is C13H16Cl2N2S. The molecule has 0 saturated carbocycles. The standard InChI is InChI=1S/C13H16Cl2N2S/c1-3-13(4-2)8-18-12(17-13)16-11-7-9(14)5-6-10(11)15/h5-7H,3-4,8H2,1-2H3,(H,16,17). The van der Waals surface area contributed by atoms with Crippen molar-refractivity contribution in [2.75, 3.05) is 11.1 Å². The largest absolute Gasteiger partial charge is 0.334 e. The molecular weight excluding hydrogens is 287 g/mol. The Labute approximate surface area is 122 Å². The summed E-state index contributed by atoms with van der Waals surface area (Å²) in [4.78, 5) is 4.79. The topological polar surface area (TPSA) is 24.4 Å². The molecule has 5 heteroatoms. The molecule has 0 atom stereocenters. The molecule has 1 N–H and O–H groups in total. The number of amidine groups is 1. The fourth-order valence-electron chi connectivity index (χ4n) is 1.87. The molecule has 18 heavy (non-hydrogen) atoms. The van der Waals surface area contributed by atoms with E-state index in [1.807, 2.05) is 6.07 Å². The lowest BCUT2D eigenvalue weighted by Crippen LogP contribution is -2.24. The normalized spacial score (nSPS) is 17.7. The maximum atomic E-state index is 6.13. The Morgan fingerprint density at radius 3 is 2.67 bits per heavy atom. The number of rotatable bonds is 3. The maximum absolute atomic E-state index is 6.13. The van der Waals surface area contributed by atoms with E-state index in [-0.39, 0.29) is 5.54 Å². The lowest BCUT2D eigenvalue weighted by molar-refractivity contribution is 0.456. The van der Waals surface area contributed by atoms with Crippen molar-refractivity contribution in [1.29, 1.82) is 0 Å². The monoisotopic (exact) mass is 302 g/mol. The van der Waals surface area contributed by atoms with Crippen LogP contribution in [-0.2, 0) is 0 Å². The van der Waals surface area contributed by atoms with Crippen molar-refractivity contribution in [3.63, 3.8) is 0 Å². The Hall–Kier alpha value is -0.380. The Balaban J connectivity index is 2.18. The van der Waals surface area contributed by atoms with E-state index in [9.17, 15) is 0 Å². The number of halogens is 2. The summed E-state index contributed by atoms with van der Waals surface area (Å²) in [5, 5.41) is 5.53. The summed E-state index contributed by atoms with van der Waals surface area (Å²) in [5.74, 6) is 1.03. The Bertz CT molecular complexity index is 470. The zero-order valence-electron chi connectivity index (χ0n) is 10.5. The minimum absolute atomic E-state index is 0.0814. The third-order valence-corrected chi connectivity index (χ3v) is 5.02. The summed E-state index contributed by atoms with van der Waals surface area (Å²) in [7, 11) is 0. The summed E-state index contributed by atoms with van der Waals surface area (Å²) in [6.07, 6.45) is 2.12. The fourth-order valence-corrected chi connectivity index (χ4v) is 3.52. The van der Waals surface area contributed by atoms with E-state index >= 15 is 0 Å². The molecule has 1 aliphatic rings. The van der Waals surface area contributed by atoms with Crippen LogP contribution in [0.3, 0.4) is 0 Å². The molecule has 0 bridgehead atoms. The molecule has 0 unspecified atom stereocenters. The Morgan fingerprint density at radius 2 is 2.06 bits per heavy atom. The van der Waals surface area contributed by atoms with E-state index in [0.717, 1.165) is 29.4 Å². The third kappa shape index (κ3) is 2.95. The molecule has 1 aromatic rings. The molecule has 0 aromatic heterocycles. The van der Waals surface area contributed by atoms with Crippen molar-refractivity contribution < 1.29 is 0 Å². The van der Waals surface area contributed by atoms with E-state index < -0.39 is 0 Å². The van der Waals surface area contributed by atoms with Gasteiger partial charge in [-0.05, 0) is 31.0 Å². The fraction of sp³-hybridized carbons (Fsp3) is 0.462. The van der Waals surface area contributed by atoms with Crippen molar-refractivity contribution in [1.82, 2.24) is 0 Å². The van der Waals surface area contributed by atoms with E-state index in [1.165, 1.54) is 0 Å². The molecule has 0 radical (unpaired) electrons. The first-order chi connectivity index (χ1) is 8.58. The van der Waals surface area contributed by atoms with Crippen LogP contribution in [0, 0.1) is 0 Å². The highest BCUT2D eigenvalue weighted by molar-refractivity contribution is 8.14. The van der Waals surface area contributed by atoms with Crippen LogP contribution in [0.1, 0.15) is 26.7 Å². The average Bonchev–Trinajstić information content (AvgIpc) is 2.78. The van der Waals surface area contributed by atoms with Gasteiger partial charge in [0.15, 0.2) is 5.17 Å². The molecule has 1 aliphatic heterocycles. The first-order valence-electron chi connectivity index (χ1n) is 6.03. The van der Waals surface area contributed by atoms with Gasteiger partial charge in [0, 0.05) is 10.8 Å². The van der Waals surface area contributed by atoms with Crippen LogP contribution in [0.4, 0.5) is 5.69 Å². The highest BCUT2D eigenvalue weighted by atomic mass is 35.5. The smallest absolute Gasteiger partial charge is 0.161 e. The van der Waals surface area contributed by atoms with Gasteiger partial charge in [-0.3, -0.25) is 4.99 Å². The molecule has 2 rings (SSSR count). The summed E-state index contributed by atoms with van der Waals surface area (Å²) in [6.45, 7) is 4.37. The lowest BCUT2D eigenvalue weighted by atomic mass is 9.97. The van der Waals surface area contributed by atoms with E-state index in [0.29, 0.717) is 10.0 Å². The number of hydrogen-bond acceptors (Lipinski definition) is 3. The first-order valence-corrected chi connectivity index (χ1v) is 7.77. The number of benzene rings is 1. The van der Waals surface area contributed by atoms with Crippen LogP contribution < -0.4 is 5.32 Å². The number of nitrogens with zero attached hydrogens (tertiary/aromatic N) is 1. The summed E-state index contributed by atoms with van der Waals surface area (Å²) in [6, 6.07) is 5.39. The third-order valence-electron chi connectivity index (χ3n) is 3.30. The number of hydrogen-bond donors (Lipinski definition) is 1. The van der Waals surface area contributed by atoms with Crippen molar-refractivity contribution in [2.45, 2.75) is 32.2 Å². The quantitative estimate of drug-likeness (QED) is 0.843. The highest BCUT2D eigenvalue weighted by Crippen LogP contribution is 2.35. The van der Waals surface area contributed by atoms with E-state index in [2.05, 4.69) is 19.2 Å². The van der Waals surface area contributed by atoms with Crippen LogP contribution in [0.5, 0.6) is 0 Å². The van der Waals surface area contributed by atoms with Crippen LogP contribution in [0.2, 0.25) is 10.0 Å². The zero-order valence-corrected chi connectivity index (χ0v) is 12.8. The van der Waals surface area contributed by atoms with Crippen molar-refractivity contribution >= 4 is 45.8 Å². The number of aliphatic imine (C=N–C) groups is 1. The van der Waals surface area contributed by atoms with E-state index in [1.54, 1.807) is 23.9 Å². The molecule has 98 valence electrons. The molecule has 0 saturated heterocycles. The number of thioether (sulfide) groups is 1. The molecule has 0 spiro atoms. The summed E-state index contributed by atoms with van der Waals surface area (Å²) < 4.78 is 0. The van der Waals surface area contributed by atoms with E-state index in [4.69, 9.17) is 28.2 Å². The van der Waals surface area contributed by atoms with Gasteiger partial charge in [-0.1, -0.05) is 48.8 Å². The predicted octanol–water partition coefficient (Wildman–Crippen LogP) is 5.07. The molecule has 1 aromatic carbocycles. The minimum atomic E-state index is 0.0814. The van der Waals surface area contributed by atoms with Gasteiger partial charge in [0.25, 0.3) is 0 Å². The van der Waals surface area contributed by atoms with Crippen LogP contribution in [0.25, 0.3) is 0 Å². The highest BCUT2D eigenvalue weighted by Gasteiger charge is 2.32. The Morgan fingerprint density at radius 1 is 1.33 bits per heavy atom. The van der Waals surface area contributed by atoms with Gasteiger partial charge >= 0.3 is 0 Å². The van der Waals surface area contributed by atoms with Crippen LogP contribution >= 0.6 is 35.0 Å². The second kappa shape index (κ2) is 5.72. The SMILES string of the molecule is CCC1(CC)CSC(Nc2cc(Cl)ccc2Cl)=N1. The van der Waals surface area contributed by atoms with Gasteiger partial charge < -0.3 is 5.32 Å². The average molecular weight is 303 g/mol. The first kappa shape index (κ1) is 14.0. The number of nitrogens with one attached hydrogen (secondary N) is 1. The van der Waals surface area contributed by atoms with Crippen molar-refractivity contribution in [2.24, 2.45) is 4.99 Å². The van der Waals surface area contributed by atoms with Crippen molar-refractivity contribution in [3.05, 3.63) is 28.2 Å². The van der Waals surface area contributed by atoms with Gasteiger partial charge in [0.1, 0.15) is 0 Å². The molecule has 1 heterocycles. The lowest BCUT2D eigenvalue weighted by Gasteiger charge is -2.20.